The van der Waals surface area contributed by atoms with Crippen molar-refractivity contribution >= 4 is 5.91 Å². The largest absolute Gasteiger partial charge is 0.484 e. The SMILES string of the molecule is O=C(Cc1ccccc1)N1CCCCC1c1noc(COc2ccc(F)cc2)n1. The minimum absolute atomic E-state index is 0.0646. The van der Waals surface area contributed by atoms with Crippen LogP contribution in [0.3, 0.4) is 0 Å². The zero-order chi connectivity index (χ0) is 20.1. The number of likely N-dealkylation sites (tertiary alicyclic amines) is 1. The van der Waals surface area contributed by atoms with E-state index in [1.165, 1.54) is 24.3 Å². The predicted molar refractivity (Wildman–Crippen MR) is 103 cm³/mol. The fourth-order valence-electron chi connectivity index (χ4n) is 3.51. The van der Waals surface area contributed by atoms with Gasteiger partial charge in [0.05, 0.1) is 12.5 Å². The van der Waals surface area contributed by atoms with Gasteiger partial charge in [-0.25, -0.2) is 4.39 Å². The van der Waals surface area contributed by atoms with Crippen molar-refractivity contribution in [3.8, 4) is 5.75 Å². The lowest BCUT2D eigenvalue weighted by Crippen LogP contribution is -2.39. The van der Waals surface area contributed by atoms with E-state index in [1.54, 1.807) is 0 Å². The van der Waals surface area contributed by atoms with E-state index in [1.807, 2.05) is 35.2 Å². The van der Waals surface area contributed by atoms with Crippen LogP contribution >= 0.6 is 0 Å². The Labute approximate surface area is 168 Å². The second-order valence-corrected chi connectivity index (χ2v) is 7.05. The monoisotopic (exact) mass is 395 g/mol. The van der Waals surface area contributed by atoms with Gasteiger partial charge in [0.15, 0.2) is 12.4 Å². The number of rotatable bonds is 6. The fraction of sp³-hybridized carbons (Fsp3) is 0.318. The molecule has 0 aliphatic carbocycles. The van der Waals surface area contributed by atoms with Crippen molar-refractivity contribution in [2.24, 2.45) is 0 Å². The Bertz CT molecular complexity index is 943. The van der Waals surface area contributed by atoms with Crippen molar-refractivity contribution in [3.05, 3.63) is 77.7 Å². The number of nitrogens with zero attached hydrogens (tertiary/aromatic N) is 3. The quantitative estimate of drug-likeness (QED) is 0.629. The summed E-state index contributed by atoms with van der Waals surface area (Å²) in [5, 5.41) is 4.09. The molecule has 2 aromatic carbocycles. The van der Waals surface area contributed by atoms with E-state index in [0.717, 1.165) is 24.8 Å². The zero-order valence-corrected chi connectivity index (χ0v) is 16.0. The summed E-state index contributed by atoms with van der Waals surface area (Å²) < 4.78 is 23.8. The highest BCUT2D eigenvalue weighted by molar-refractivity contribution is 5.79. The van der Waals surface area contributed by atoms with Crippen LogP contribution in [0.1, 0.15) is 42.6 Å². The van der Waals surface area contributed by atoms with Crippen LogP contribution in [0, 0.1) is 5.82 Å². The molecule has 1 atom stereocenters. The number of benzene rings is 2. The average molecular weight is 395 g/mol. The molecule has 1 fully saturated rings. The van der Waals surface area contributed by atoms with Crippen LogP contribution in [0.2, 0.25) is 0 Å². The number of halogens is 1. The second kappa shape index (κ2) is 8.86. The molecule has 3 aromatic rings. The molecule has 1 aliphatic heterocycles. The van der Waals surface area contributed by atoms with Crippen LogP contribution in [0.4, 0.5) is 4.39 Å². The minimum atomic E-state index is -0.324. The molecular formula is C22H22FN3O3. The van der Waals surface area contributed by atoms with Gasteiger partial charge >= 0.3 is 0 Å². The van der Waals surface area contributed by atoms with Crippen molar-refractivity contribution in [3.63, 3.8) is 0 Å². The Balaban J connectivity index is 1.41. The van der Waals surface area contributed by atoms with Gasteiger partial charge in [0.25, 0.3) is 5.89 Å². The second-order valence-electron chi connectivity index (χ2n) is 7.05. The van der Waals surface area contributed by atoms with Crippen LogP contribution in [-0.2, 0) is 17.8 Å². The summed E-state index contributed by atoms with van der Waals surface area (Å²) in [6.07, 6.45) is 3.14. The molecule has 1 aliphatic rings. The van der Waals surface area contributed by atoms with Crippen LogP contribution in [0.25, 0.3) is 0 Å². The summed E-state index contributed by atoms with van der Waals surface area (Å²) in [7, 11) is 0. The number of piperidine rings is 1. The highest BCUT2D eigenvalue weighted by Crippen LogP contribution is 2.30. The van der Waals surface area contributed by atoms with Gasteiger partial charge in [-0.3, -0.25) is 4.79 Å². The van der Waals surface area contributed by atoms with E-state index < -0.39 is 0 Å². The van der Waals surface area contributed by atoms with Crippen molar-refractivity contribution in [1.82, 2.24) is 15.0 Å². The zero-order valence-electron chi connectivity index (χ0n) is 16.0. The molecule has 29 heavy (non-hydrogen) atoms. The standard InChI is InChI=1S/C22H22FN3O3/c23-17-9-11-18(12-10-17)28-15-20-24-22(25-29-20)19-8-4-5-13-26(19)21(27)14-16-6-2-1-3-7-16/h1-3,6-7,9-12,19H,4-5,8,13-15H2. The minimum Gasteiger partial charge on any atom is -0.484 e. The van der Waals surface area contributed by atoms with Crippen molar-refractivity contribution < 1.29 is 18.4 Å². The summed E-state index contributed by atoms with van der Waals surface area (Å²) in [6.45, 7) is 0.773. The summed E-state index contributed by atoms with van der Waals surface area (Å²) in [4.78, 5) is 19.2. The summed E-state index contributed by atoms with van der Waals surface area (Å²) in [5.41, 5.74) is 0.989. The molecule has 150 valence electrons. The Kier molecular flexibility index (Phi) is 5.84. The maximum atomic E-state index is 13.0. The van der Waals surface area contributed by atoms with Gasteiger partial charge in [-0.15, -0.1) is 0 Å². The lowest BCUT2D eigenvalue weighted by atomic mass is 10.00. The van der Waals surface area contributed by atoms with Crippen LogP contribution < -0.4 is 4.74 Å². The van der Waals surface area contributed by atoms with Gasteiger partial charge in [0.2, 0.25) is 5.91 Å². The molecule has 6 nitrogen and oxygen atoms in total. The number of carbonyl (C=O) groups excluding carboxylic acids is 1. The maximum Gasteiger partial charge on any atom is 0.264 e. The van der Waals surface area contributed by atoms with Crippen molar-refractivity contribution in [2.45, 2.75) is 38.3 Å². The lowest BCUT2D eigenvalue weighted by Gasteiger charge is -2.34. The first-order valence-electron chi connectivity index (χ1n) is 9.73. The van der Waals surface area contributed by atoms with Crippen LogP contribution in [0.5, 0.6) is 5.75 Å². The normalized spacial score (nSPS) is 16.6. The Morgan fingerprint density at radius 1 is 1.14 bits per heavy atom. The first-order valence-corrected chi connectivity index (χ1v) is 9.73. The molecule has 0 N–H and O–H groups in total. The van der Waals surface area contributed by atoms with E-state index in [-0.39, 0.29) is 24.4 Å². The first kappa shape index (κ1) is 19.1. The number of aromatic nitrogens is 2. The van der Waals surface area contributed by atoms with Gasteiger partial charge in [0, 0.05) is 6.54 Å². The van der Waals surface area contributed by atoms with E-state index >= 15 is 0 Å². The third-order valence-electron chi connectivity index (χ3n) is 4.98. The van der Waals surface area contributed by atoms with Crippen LogP contribution in [-0.4, -0.2) is 27.5 Å². The average Bonchev–Trinajstić information content (AvgIpc) is 3.23. The summed E-state index contributed by atoms with van der Waals surface area (Å²) in [6, 6.07) is 15.3. The fourth-order valence-corrected chi connectivity index (χ4v) is 3.51. The Hall–Kier alpha value is -3.22. The number of hydrogen-bond acceptors (Lipinski definition) is 5. The number of amides is 1. The lowest BCUT2D eigenvalue weighted by molar-refractivity contribution is -0.134. The Morgan fingerprint density at radius 2 is 1.93 bits per heavy atom. The van der Waals surface area contributed by atoms with E-state index in [9.17, 15) is 9.18 Å². The van der Waals surface area contributed by atoms with E-state index in [4.69, 9.17) is 9.26 Å². The van der Waals surface area contributed by atoms with E-state index in [2.05, 4.69) is 10.1 Å². The van der Waals surface area contributed by atoms with Crippen LogP contribution in [0.15, 0.2) is 59.1 Å². The summed E-state index contributed by atoms with van der Waals surface area (Å²) in [5.74, 6) is 1.09. The van der Waals surface area contributed by atoms with Gasteiger partial charge in [0.1, 0.15) is 11.6 Å². The number of carbonyl (C=O) groups is 1. The van der Waals surface area contributed by atoms with Crippen molar-refractivity contribution in [1.29, 1.82) is 0 Å². The highest BCUT2D eigenvalue weighted by atomic mass is 19.1. The van der Waals surface area contributed by atoms with Gasteiger partial charge < -0.3 is 14.2 Å². The summed E-state index contributed by atoms with van der Waals surface area (Å²) >= 11 is 0. The third-order valence-corrected chi connectivity index (χ3v) is 4.98. The molecule has 1 unspecified atom stereocenters. The molecule has 2 heterocycles. The van der Waals surface area contributed by atoms with Gasteiger partial charge in [-0.05, 0) is 49.1 Å². The maximum absolute atomic E-state index is 13.0. The molecule has 0 saturated carbocycles. The predicted octanol–water partition coefficient (Wildman–Crippen LogP) is 4.08. The van der Waals surface area contributed by atoms with Crippen molar-refractivity contribution in [2.75, 3.05) is 6.54 Å². The molecular weight excluding hydrogens is 373 g/mol. The number of ether oxygens (including phenoxy) is 1. The Morgan fingerprint density at radius 3 is 2.72 bits per heavy atom. The molecule has 1 saturated heterocycles. The highest BCUT2D eigenvalue weighted by Gasteiger charge is 2.31. The smallest absolute Gasteiger partial charge is 0.264 e. The molecule has 0 radical (unpaired) electrons. The first-order chi connectivity index (χ1) is 14.2. The third kappa shape index (κ3) is 4.80. The topological polar surface area (TPSA) is 68.5 Å². The molecule has 0 bridgehead atoms. The van der Waals surface area contributed by atoms with Gasteiger partial charge in [-0.1, -0.05) is 35.5 Å². The molecule has 7 heteroatoms. The number of hydrogen-bond donors (Lipinski definition) is 0. The van der Waals surface area contributed by atoms with Gasteiger partial charge in [-0.2, -0.15) is 4.98 Å². The van der Waals surface area contributed by atoms with E-state index in [0.29, 0.717) is 30.4 Å². The molecule has 1 aromatic heterocycles. The molecule has 0 spiro atoms. The molecule has 4 rings (SSSR count). The molecule has 1 amide bonds.